The lowest BCUT2D eigenvalue weighted by Gasteiger charge is -2.10. The Bertz CT molecular complexity index is 369. The highest BCUT2D eigenvalue weighted by Crippen LogP contribution is 2.53. The Morgan fingerprint density at radius 1 is 1.53 bits per heavy atom. The Labute approximate surface area is 90.7 Å². The largest absolute Gasteiger partial charge is 0.299 e. The van der Waals surface area contributed by atoms with Gasteiger partial charge >= 0.3 is 0 Å². The van der Waals surface area contributed by atoms with Gasteiger partial charge < -0.3 is 0 Å². The summed E-state index contributed by atoms with van der Waals surface area (Å²) in [6.07, 6.45) is 2.78. The van der Waals surface area contributed by atoms with Crippen LogP contribution >= 0.6 is 0 Å². The van der Waals surface area contributed by atoms with E-state index in [0.29, 0.717) is 5.78 Å². The zero-order valence-corrected chi connectivity index (χ0v) is 9.53. The fourth-order valence-electron chi connectivity index (χ4n) is 2.03. The van der Waals surface area contributed by atoms with Gasteiger partial charge in [0.15, 0.2) is 0 Å². The van der Waals surface area contributed by atoms with E-state index in [2.05, 4.69) is 18.8 Å². The first-order valence-corrected chi connectivity index (χ1v) is 5.47. The van der Waals surface area contributed by atoms with E-state index in [1.807, 2.05) is 25.1 Å². The van der Waals surface area contributed by atoms with Crippen molar-refractivity contribution in [3.8, 4) is 0 Å². The molecule has 1 heterocycles. The van der Waals surface area contributed by atoms with E-state index in [-0.39, 0.29) is 17.3 Å². The minimum atomic E-state index is -0.0574. The van der Waals surface area contributed by atoms with E-state index in [9.17, 15) is 4.79 Å². The lowest BCUT2D eigenvalue weighted by Crippen LogP contribution is -2.15. The molecule has 80 valence electrons. The van der Waals surface area contributed by atoms with Crippen molar-refractivity contribution < 1.29 is 4.79 Å². The van der Waals surface area contributed by atoms with Crippen LogP contribution in [0.1, 0.15) is 38.8 Å². The second kappa shape index (κ2) is 3.44. The summed E-state index contributed by atoms with van der Waals surface area (Å²) in [7, 11) is 0. The minimum absolute atomic E-state index is 0.0574. The van der Waals surface area contributed by atoms with Gasteiger partial charge in [0.1, 0.15) is 5.78 Å². The van der Waals surface area contributed by atoms with Crippen LogP contribution in [0.5, 0.6) is 0 Å². The lowest BCUT2D eigenvalue weighted by atomic mass is 9.95. The molecule has 0 radical (unpaired) electrons. The van der Waals surface area contributed by atoms with Crippen LogP contribution in [-0.2, 0) is 4.79 Å². The molecule has 2 unspecified atom stereocenters. The van der Waals surface area contributed by atoms with Gasteiger partial charge in [-0.1, -0.05) is 19.9 Å². The molecule has 1 aliphatic rings. The molecule has 0 N–H and O–H groups in total. The van der Waals surface area contributed by atoms with Gasteiger partial charge in [0.25, 0.3) is 0 Å². The van der Waals surface area contributed by atoms with Gasteiger partial charge in [-0.3, -0.25) is 9.78 Å². The van der Waals surface area contributed by atoms with Crippen molar-refractivity contribution in [2.45, 2.75) is 33.1 Å². The van der Waals surface area contributed by atoms with Gasteiger partial charge in [-0.2, -0.15) is 0 Å². The number of hydrogen-bond acceptors (Lipinski definition) is 2. The molecule has 2 atom stereocenters. The molecule has 0 saturated heterocycles. The molecule has 0 amide bonds. The second-order valence-corrected chi connectivity index (χ2v) is 5.12. The molecule has 2 heteroatoms. The topological polar surface area (TPSA) is 30.0 Å². The summed E-state index contributed by atoms with van der Waals surface area (Å²) in [6.45, 7) is 6.26. The Balaban J connectivity index is 2.10. The monoisotopic (exact) mass is 203 g/mol. The third kappa shape index (κ3) is 1.94. The molecule has 0 aliphatic heterocycles. The average Bonchev–Trinajstić information content (AvgIpc) is 2.87. The molecule has 1 aromatic rings. The average molecular weight is 203 g/mol. The van der Waals surface area contributed by atoms with Gasteiger partial charge in [-0.15, -0.1) is 0 Å². The van der Waals surface area contributed by atoms with Crippen LogP contribution in [0.2, 0.25) is 0 Å². The summed E-state index contributed by atoms with van der Waals surface area (Å²) < 4.78 is 0. The number of nitrogens with zero attached hydrogens (tertiary/aromatic N) is 1. The zero-order valence-electron chi connectivity index (χ0n) is 9.53. The first kappa shape index (κ1) is 10.3. The highest BCUT2D eigenvalue weighted by atomic mass is 16.1. The first-order chi connectivity index (χ1) is 7.02. The molecule has 15 heavy (non-hydrogen) atoms. The zero-order chi connectivity index (χ0) is 11.1. The molecule has 1 aliphatic carbocycles. The van der Waals surface area contributed by atoms with Crippen LogP contribution in [0.3, 0.4) is 0 Å². The van der Waals surface area contributed by atoms with Gasteiger partial charge in [-0.25, -0.2) is 0 Å². The second-order valence-electron chi connectivity index (χ2n) is 5.12. The van der Waals surface area contributed by atoms with Gasteiger partial charge in [0, 0.05) is 12.1 Å². The Kier molecular flexibility index (Phi) is 2.37. The maximum atomic E-state index is 12.1. The van der Waals surface area contributed by atoms with Gasteiger partial charge in [0.2, 0.25) is 0 Å². The Morgan fingerprint density at radius 2 is 2.20 bits per heavy atom. The standard InChI is InChI=1S/C13H17NO/c1-9(11-6-4-5-7-14-11)12(15)10-8-13(10,2)3/h4-7,9-10H,8H2,1-3H3. The molecule has 1 saturated carbocycles. The van der Waals surface area contributed by atoms with Crippen molar-refractivity contribution in [2.24, 2.45) is 11.3 Å². The van der Waals surface area contributed by atoms with E-state index < -0.39 is 0 Å². The molecule has 2 nitrogen and oxygen atoms in total. The van der Waals surface area contributed by atoms with E-state index in [4.69, 9.17) is 0 Å². The SMILES string of the molecule is CC(C(=O)C1CC1(C)C)c1ccccn1. The van der Waals surface area contributed by atoms with Crippen molar-refractivity contribution >= 4 is 5.78 Å². The Morgan fingerprint density at radius 3 is 2.67 bits per heavy atom. The molecule has 0 aromatic carbocycles. The first-order valence-electron chi connectivity index (χ1n) is 5.47. The van der Waals surface area contributed by atoms with Crippen LogP contribution in [0.15, 0.2) is 24.4 Å². The number of Topliss-reactive ketones (excluding diaryl/α,β-unsaturated/α-hetero) is 1. The number of carbonyl (C=O) groups excluding carboxylic acids is 1. The van der Waals surface area contributed by atoms with E-state index in [1.54, 1.807) is 6.20 Å². The maximum Gasteiger partial charge on any atom is 0.145 e. The molecule has 1 aromatic heterocycles. The predicted molar refractivity (Wildman–Crippen MR) is 59.5 cm³/mol. The summed E-state index contributed by atoms with van der Waals surface area (Å²) in [5, 5.41) is 0. The third-order valence-electron chi connectivity index (χ3n) is 3.42. The molecule has 0 spiro atoms. The van der Waals surface area contributed by atoms with Crippen molar-refractivity contribution in [1.29, 1.82) is 0 Å². The van der Waals surface area contributed by atoms with Crippen molar-refractivity contribution in [2.75, 3.05) is 0 Å². The van der Waals surface area contributed by atoms with Crippen LogP contribution in [0, 0.1) is 11.3 Å². The highest BCUT2D eigenvalue weighted by molar-refractivity contribution is 5.90. The number of pyridine rings is 1. The molecule has 1 fully saturated rings. The van der Waals surface area contributed by atoms with E-state index in [0.717, 1.165) is 12.1 Å². The summed E-state index contributed by atoms with van der Waals surface area (Å²) in [5.41, 5.74) is 1.12. The maximum absolute atomic E-state index is 12.1. The quantitative estimate of drug-likeness (QED) is 0.756. The fraction of sp³-hybridized carbons (Fsp3) is 0.538. The molecular weight excluding hydrogens is 186 g/mol. The lowest BCUT2D eigenvalue weighted by molar-refractivity contribution is -0.122. The van der Waals surface area contributed by atoms with Crippen LogP contribution in [-0.4, -0.2) is 10.8 Å². The van der Waals surface area contributed by atoms with Crippen LogP contribution < -0.4 is 0 Å². The van der Waals surface area contributed by atoms with Crippen LogP contribution in [0.4, 0.5) is 0 Å². The number of ketones is 1. The Hall–Kier alpha value is -1.18. The van der Waals surface area contributed by atoms with Gasteiger partial charge in [-0.05, 0) is 30.9 Å². The van der Waals surface area contributed by atoms with E-state index in [1.165, 1.54) is 0 Å². The minimum Gasteiger partial charge on any atom is -0.299 e. The van der Waals surface area contributed by atoms with Gasteiger partial charge in [0.05, 0.1) is 11.6 Å². The number of hydrogen-bond donors (Lipinski definition) is 0. The number of aromatic nitrogens is 1. The van der Waals surface area contributed by atoms with E-state index >= 15 is 0 Å². The predicted octanol–water partition coefficient (Wildman–Crippen LogP) is 2.80. The summed E-state index contributed by atoms with van der Waals surface area (Å²) in [6, 6.07) is 5.74. The third-order valence-corrected chi connectivity index (χ3v) is 3.42. The fourth-order valence-corrected chi connectivity index (χ4v) is 2.03. The highest BCUT2D eigenvalue weighted by Gasteiger charge is 2.51. The molecule has 2 rings (SSSR count). The molecular formula is C13H17NO. The smallest absolute Gasteiger partial charge is 0.145 e. The van der Waals surface area contributed by atoms with Crippen LogP contribution in [0.25, 0.3) is 0 Å². The van der Waals surface area contributed by atoms with Crippen molar-refractivity contribution in [3.05, 3.63) is 30.1 Å². The van der Waals surface area contributed by atoms with Crippen molar-refractivity contribution in [1.82, 2.24) is 4.98 Å². The summed E-state index contributed by atoms with van der Waals surface area (Å²) in [5.74, 6) is 0.534. The normalized spacial score (nSPS) is 24.6. The summed E-state index contributed by atoms with van der Waals surface area (Å²) in [4.78, 5) is 16.3. The molecule has 0 bridgehead atoms. The van der Waals surface area contributed by atoms with Crippen molar-refractivity contribution in [3.63, 3.8) is 0 Å². The number of carbonyl (C=O) groups is 1. The summed E-state index contributed by atoms with van der Waals surface area (Å²) >= 11 is 0. The number of rotatable bonds is 3.